The Morgan fingerprint density at radius 2 is 1.41 bits per heavy atom. The lowest BCUT2D eigenvalue weighted by Crippen LogP contribution is -2.55. The third-order valence-corrected chi connectivity index (χ3v) is 8.92. The zero-order valence-electron chi connectivity index (χ0n) is 23.0. The maximum absolute atomic E-state index is 13.9. The average Bonchev–Trinajstić information content (AvgIpc) is 3.38. The summed E-state index contributed by atoms with van der Waals surface area (Å²) in [4.78, 5) is 42.1. The summed E-state index contributed by atoms with van der Waals surface area (Å²) in [7, 11) is 0. The van der Waals surface area contributed by atoms with E-state index in [2.05, 4.69) is 5.32 Å². The Balaban J connectivity index is 1.26. The molecule has 1 unspecified atom stereocenters. The van der Waals surface area contributed by atoms with Crippen LogP contribution in [0, 0.1) is 0 Å². The Hall–Kier alpha value is -3.62. The highest BCUT2D eigenvalue weighted by atomic mass is 32.2. The topological polar surface area (TPSA) is 84.9 Å². The van der Waals surface area contributed by atoms with Crippen molar-refractivity contribution in [3.8, 4) is 0 Å². The second kappa shape index (κ2) is 14.3. The maximum Gasteiger partial charge on any atom is 0.330 e. The highest BCUT2D eigenvalue weighted by molar-refractivity contribution is 8.00. The lowest BCUT2D eigenvalue weighted by atomic mass is 10.0. The molecule has 7 nitrogen and oxygen atoms in total. The minimum Gasteiger partial charge on any atom is -0.460 e. The molecule has 214 valence electrons. The van der Waals surface area contributed by atoms with Crippen LogP contribution in [-0.2, 0) is 43.5 Å². The second-order valence-electron chi connectivity index (χ2n) is 10.5. The van der Waals surface area contributed by atoms with Crippen molar-refractivity contribution < 1.29 is 23.9 Å². The first-order valence-electron chi connectivity index (χ1n) is 14.2. The van der Waals surface area contributed by atoms with Crippen LogP contribution < -0.4 is 5.32 Å². The van der Waals surface area contributed by atoms with Crippen molar-refractivity contribution in [3.63, 3.8) is 0 Å². The van der Waals surface area contributed by atoms with Crippen LogP contribution in [0.2, 0.25) is 0 Å². The van der Waals surface area contributed by atoms with Crippen LogP contribution in [0.15, 0.2) is 91.0 Å². The zero-order valence-corrected chi connectivity index (χ0v) is 23.8. The van der Waals surface area contributed by atoms with E-state index in [1.165, 1.54) is 0 Å². The minimum atomic E-state index is -0.664. The predicted molar refractivity (Wildman–Crippen MR) is 159 cm³/mol. The lowest BCUT2D eigenvalue weighted by Gasteiger charge is -2.30. The van der Waals surface area contributed by atoms with Crippen molar-refractivity contribution in [1.82, 2.24) is 10.2 Å². The molecule has 1 N–H and O–H groups in total. The van der Waals surface area contributed by atoms with Crippen LogP contribution in [0.4, 0.5) is 0 Å². The Morgan fingerprint density at radius 1 is 0.829 bits per heavy atom. The van der Waals surface area contributed by atoms with Gasteiger partial charge in [-0.05, 0) is 48.8 Å². The smallest absolute Gasteiger partial charge is 0.330 e. The van der Waals surface area contributed by atoms with Crippen molar-refractivity contribution in [2.24, 2.45) is 0 Å². The van der Waals surface area contributed by atoms with Gasteiger partial charge in [0, 0.05) is 5.75 Å². The summed E-state index contributed by atoms with van der Waals surface area (Å²) in [6, 6.07) is 27.2. The number of thioether (sulfide) groups is 1. The standard InChI is InChI=1S/C33H36N2O5S/c36-31-27(17-10-18-30-35(31)29(23-41-30)33(38)40-22-26-15-8-3-9-16-26)34-28(20-19-24-11-4-1-5-12-24)32(37)39-21-25-13-6-2-7-14-25/h1-9,11-16,27-30,34H,10,17-23H2/t27-,28?,29-,30-/m1/s1. The van der Waals surface area contributed by atoms with Gasteiger partial charge in [-0.25, -0.2) is 4.79 Å². The van der Waals surface area contributed by atoms with E-state index in [0.717, 1.165) is 29.5 Å². The number of fused-ring (bicyclic) bond motifs is 1. The number of nitrogens with one attached hydrogen (secondary N) is 1. The molecule has 4 atom stereocenters. The molecule has 5 rings (SSSR count). The summed E-state index contributed by atoms with van der Waals surface area (Å²) >= 11 is 1.63. The van der Waals surface area contributed by atoms with Crippen molar-refractivity contribution in [3.05, 3.63) is 108 Å². The van der Waals surface area contributed by atoms with Crippen LogP contribution in [0.3, 0.4) is 0 Å². The SMILES string of the molecule is O=C(OCc1ccccc1)C(CCc1ccccc1)N[C@@H]1CCC[C@H]2SC[C@H](C(=O)OCc3ccccc3)N2C1=O. The number of carbonyl (C=O) groups is 3. The van der Waals surface area contributed by atoms with Gasteiger partial charge in [-0.2, -0.15) is 0 Å². The fourth-order valence-corrected chi connectivity index (χ4v) is 6.79. The predicted octanol–water partition coefficient (Wildman–Crippen LogP) is 4.89. The van der Waals surface area contributed by atoms with Crippen molar-refractivity contribution in [1.29, 1.82) is 0 Å². The van der Waals surface area contributed by atoms with Crippen LogP contribution in [0.25, 0.3) is 0 Å². The van der Waals surface area contributed by atoms with E-state index >= 15 is 0 Å². The van der Waals surface area contributed by atoms with Crippen LogP contribution in [-0.4, -0.2) is 52.0 Å². The molecule has 2 aliphatic heterocycles. The molecular weight excluding hydrogens is 536 g/mol. The highest BCUT2D eigenvalue weighted by Crippen LogP contribution is 2.36. The number of carbonyl (C=O) groups excluding carboxylic acids is 3. The van der Waals surface area contributed by atoms with Gasteiger partial charge in [0.05, 0.1) is 11.4 Å². The molecule has 8 heteroatoms. The summed E-state index contributed by atoms with van der Waals surface area (Å²) in [6.45, 7) is 0.339. The van der Waals surface area contributed by atoms with Gasteiger partial charge in [0.15, 0.2) is 0 Å². The molecule has 2 fully saturated rings. The number of hydrogen-bond acceptors (Lipinski definition) is 7. The van der Waals surface area contributed by atoms with E-state index in [-0.39, 0.29) is 36.4 Å². The molecule has 0 bridgehead atoms. The van der Waals surface area contributed by atoms with Crippen molar-refractivity contribution in [2.45, 2.75) is 68.8 Å². The summed E-state index contributed by atoms with van der Waals surface area (Å²) in [5.74, 6) is -0.415. The molecule has 3 aromatic rings. The fraction of sp³-hybridized carbons (Fsp3) is 0.364. The second-order valence-corrected chi connectivity index (χ2v) is 11.7. The Morgan fingerprint density at radius 3 is 2.05 bits per heavy atom. The molecule has 2 saturated heterocycles. The number of amides is 1. The van der Waals surface area contributed by atoms with Gasteiger partial charge in [-0.3, -0.25) is 14.9 Å². The largest absolute Gasteiger partial charge is 0.460 e. The summed E-state index contributed by atoms with van der Waals surface area (Å²) in [5, 5.41) is 3.28. The van der Waals surface area contributed by atoms with Gasteiger partial charge in [-0.1, -0.05) is 91.0 Å². The zero-order chi connectivity index (χ0) is 28.4. The average molecular weight is 573 g/mol. The summed E-state index contributed by atoms with van der Waals surface area (Å²) in [6.07, 6.45) is 3.35. The molecule has 1 amide bonds. The minimum absolute atomic E-state index is 0.0728. The summed E-state index contributed by atoms with van der Waals surface area (Å²) < 4.78 is 11.3. The summed E-state index contributed by atoms with van der Waals surface area (Å²) in [5.41, 5.74) is 2.92. The molecule has 0 aliphatic carbocycles. The number of nitrogens with zero attached hydrogens (tertiary/aromatic N) is 1. The van der Waals surface area contributed by atoms with Crippen LogP contribution in [0.1, 0.15) is 42.4 Å². The van der Waals surface area contributed by atoms with E-state index < -0.39 is 18.1 Å². The third-order valence-electron chi connectivity index (χ3n) is 7.56. The first kappa shape index (κ1) is 28.9. The monoisotopic (exact) mass is 572 g/mol. The molecule has 0 spiro atoms. The fourth-order valence-electron chi connectivity index (χ4n) is 5.34. The van der Waals surface area contributed by atoms with Crippen molar-refractivity contribution in [2.75, 3.05) is 5.75 Å². The van der Waals surface area contributed by atoms with Crippen molar-refractivity contribution >= 4 is 29.6 Å². The molecule has 0 aromatic heterocycles. The Kier molecular flexibility index (Phi) is 10.1. The van der Waals surface area contributed by atoms with Gasteiger partial charge in [0.1, 0.15) is 25.3 Å². The third kappa shape index (κ3) is 7.77. The quantitative estimate of drug-likeness (QED) is 0.328. The number of esters is 2. The Labute approximate surface area is 245 Å². The van der Waals surface area contributed by atoms with Gasteiger partial charge in [0.25, 0.3) is 0 Å². The number of benzene rings is 3. The molecule has 3 aromatic carbocycles. The maximum atomic E-state index is 13.9. The first-order valence-corrected chi connectivity index (χ1v) is 15.3. The van der Waals surface area contributed by atoms with E-state index in [4.69, 9.17) is 9.47 Å². The normalized spacial score (nSPS) is 21.0. The van der Waals surface area contributed by atoms with Crippen LogP contribution in [0.5, 0.6) is 0 Å². The van der Waals surface area contributed by atoms with E-state index in [0.29, 0.717) is 25.0 Å². The van der Waals surface area contributed by atoms with Gasteiger partial charge in [0.2, 0.25) is 5.91 Å². The van der Waals surface area contributed by atoms with Gasteiger partial charge >= 0.3 is 11.9 Å². The van der Waals surface area contributed by atoms with E-state index in [1.54, 1.807) is 16.7 Å². The number of aryl methyl sites for hydroxylation is 1. The highest BCUT2D eigenvalue weighted by Gasteiger charge is 2.46. The molecule has 2 aliphatic rings. The molecule has 41 heavy (non-hydrogen) atoms. The molecule has 0 saturated carbocycles. The molecule has 2 heterocycles. The first-order chi connectivity index (χ1) is 20.1. The van der Waals surface area contributed by atoms with Gasteiger partial charge < -0.3 is 14.4 Å². The molecular formula is C33H36N2O5S. The Bertz CT molecular complexity index is 1290. The number of ether oxygens (including phenoxy) is 2. The van der Waals surface area contributed by atoms with Crippen LogP contribution >= 0.6 is 11.8 Å². The van der Waals surface area contributed by atoms with Gasteiger partial charge in [-0.15, -0.1) is 11.8 Å². The number of hydrogen-bond donors (Lipinski definition) is 1. The molecule has 0 radical (unpaired) electrons. The van der Waals surface area contributed by atoms with E-state index in [1.807, 2.05) is 91.0 Å². The lowest BCUT2D eigenvalue weighted by molar-refractivity contribution is -0.156. The van der Waals surface area contributed by atoms with E-state index in [9.17, 15) is 14.4 Å². The number of rotatable bonds is 11.